The molecule has 4 nitrogen and oxygen atoms in total. The minimum absolute atomic E-state index is 0.00816. The van der Waals surface area contributed by atoms with Gasteiger partial charge < -0.3 is 0 Å². The van der Waals surface area contributed by atoms with Crippen LogP contribution < -0.4 is 4.57 Å². The highest BCUT2D eigenvalue weighted by Crippen LogP contribution is 2.50. The van der Waals surface area contributed by atoms with Gasteiger partial charge in [0.25, 0.3) is 5.69 Å². The third-order valence-corrected chi connectivity index (χ3v) is 6.19. The molecule has 0 fully saturated rings. The molecule has 0 amide bonds. The number of rotatable bonds is 0. The van der Waals surface area contributed by atoms with Gasteiger partial charge in [-0.2, -0.15) is 4.57 Å². The SMILES string of the molecule is CC1n2c(nc3cc4c(cc32)C(C)(C)c2ccccc2-4)-c2cncc[n+]21. The molecule has 0 N–H and O–H groups in total. The fourth-order valence-electron chi connectivity index (χ4n) is 4.84. The lowest BCUT2D eigenvalue weighted by Crippen LogP contribution is -2.38. The third-order valence-electron chi connectivity index (χ3n) is 6.19. The van der Waals surface area contributed by atoms with E-state index in [1.54, 1.807) is 0 Å². The van der Waals surface area contributed by atoms with Crippen LogP contribution in [0.25, 0.3) is 33.7 Å². The molecule has 2 aliphatic rings. The third kappa shape index (κ3) is 1.49. The van der Waals surface area contributed by atoms with Gasteiger partial charge in [-0.15, -0.1) is 0 Å². The van der Waals surface area contributed by atoms with E-state index in [4.69, 9.17) is 4.98 Å². The van der Waals surface area contributed by atoms with Crippen molar-refractivity contribution in [1.82, 2.24) is 14.5 Å². The summed E-state index contributed by atoms with van der Waals surface area (Å²) in [7, 11) is 0. The maximum Gasteiger partial charge on any atom is 0.269 e. The summed E-state index contributed by atoms with van der Waals surface area (Å²) in [6, 6.07) is 13.4. The molecule has 0 saturated heterocycles. The number of imidazole rings is 1. The molecule has 2 aromatic carbocycles. The van der Waals surface area contributed by atoms with Crippen LogP contribution in [0.5, 0.6) is 0 Å². The first-order chi connectivity index (χ1) is 12.6. The monoisotopic (exact) mass is 339 g/mol. The fraction of sp³-hybridized carbons (Fsp3) is 0.227. The molecule has 0 spiro atoms. The second-order valence-corrected chi connectivity index (χ2v) is 7.86. The minimum Gasteiger partial charge on any atom is -0.259 e. The van der Waals surface area contributed by atoms with E-state index in [0.29, 0.717) is 0 Å². The lowest BCUT2D eigenvalue weighted by atomic mass is 9.82. The number of fused-ring (bicyclic) bond motifs is 8. The Labute approximate surface area is 151 Å². The zero-order valence-electron chi connectivity index (χ0n) is 15.1. The second-order valence-electron chi connectivity index (χ2n) is 7.86. The number of hydrogen-bond acceptors (Lipinski definition) is 2. The number of benzene rings is 2. The molecular weight excluding hydrogens is 320 g/mol. The van der Waals surface area contributed by atoms with E-state index in [0.717, 1.165) is 17.0 Å². The fourth-order valence-corrected chi connectivity index (χ4v) is 4.84. The molecule has 1 aliphatic heterocycles. The van der Waals surface area contributed by atoms with E-state index in [9.17, 15) is 0 Å². The van der Waals surface area contributed by atoms with Gasteiger partial charge >= 0.3 is 0 Å². The Balaban J connectivity index is 1.69. The van der Waals surface area contributed by atoms with Crippen LogP contribution in [0, 0.1) is 0 Å². The Hall–Kier alpha value is -3.01. The van der Waals surface area contributed by atoms with Crippen molar-refractivity contribution in [2.24, 2.45) is 0 Å². The van der Waals surface area contributed by atoms with Crippen molar-refractivity contribution in [2.45, 2.75) is 32.4 Å². The Morgan fingerprint density at radius 3 is 2.81 bits per heavy atom. The molecule has 1 unspecified atom stereocenters. The van der Waals surface area contributed by atoms with E-state index in [2.05, 4.69) is 71.3 Å². The van der Waals surface area contributed by atoms with Crippen LogP contribution in [0.4, 0.5) is 0 Å². The quantitative estimate of drug-likeness (QED) is 0.453. The van der Waals surface area contributed by atoms with Crippen LogP contribution in [-0.4, -0.2) is 14.5 Å². The minimum atomic E-state index is 0.00816. The molecule has 1 aliphatic carbocycles. The molecule has 3 heterocycles. The van der Waals surface area contributed by atoms with Crippen LogP contribution in [0.15, 0.2) is 55.0 Å². The summed E-state index contributed by atoms with van der Waals surface area (Å²) in [4.78, 5) is 9.29. The van der Waals surface area contributed by atoms with Crippen molar-refractivity contribution in [3.63, 3.8) is 0 Å². The molecule has 4 aromatic rings. The summed E-state index contributed by atoms with van der Waals surface area (Å²) in [5.74, 6) is 1.01. The van der Waals surface area contributed by atoms with Crippen LogP contribution in [-0.2, 0) is 5.41 Å². The van der Waals surface area contributed by atoms with Gasteiger partial charge in [0.15, 0.2) is 6.20 Å². The first kappa shape index (κ1) is 14.2. The van der Waals surface area contributed by atoms with Gasteiger partial charge in [0, 0.05) is 12.3 Å². The standard InChI is InChI=1S/C22H19N4/c1-13-25-9-8-23-12-20(25)21-24-18-10-15-14-6-4-5-7-16(14)22(2,3)17(15)11-19(18)26(13)21/h4-13H,1-3H3/q+1. The van der Waals surface area contributed by atoms with Gasteiger partial charge in [0.05, 0.1) is 17.2 Å². The van der Waals surface area contributed by atoms with E-state index in [-0.39, 0.29) is 11.6 Å². The summed E-state index contributed by atoms with van der Waals surface area (Å²) in [6.45, 7) is 6.86. The molecule has 0 saturated carbocycles. The van der Waals surface area contributed by atoms with Crippen molar-refractivity contribution in [3.8, 4) is 22.6 Å². The molecular formula is C22H19N4+. The van der Waals surface area contributed by atoms with Gasteiger partial charge in [0.1, 0.15) is 6.20 Å². The number of hydrogen-bond donors (Lipinski definition) is 0. The molecule has 4 heteroatoms. The van der Waals surface area contributed by atoms with E-state index < -0.39 is 0 Å². The normalized spacial score (nSPS) is 18.5. The van der Waals surface area contributed by atoms with Gasteiger partial charge in [-0.05, 0) is 34.4 Å². The Morgan fingerprint density at radius 2 is 1.92 bits per heavy atom. The van der Waals surface area contributed by atoms with Crippen molar-refractivity contribution in [1.29, 1.82) is 0 Å². The summed E-state index contributed by atoms with van der Waals surface area (Å²) in [5, 5.41) is 0. The highest BCUT2D eigenvalue weighted by molar-refractivity contribution is 5.92. The predicted octanol–water partition coefficient (Wildman–Crippen LogP) is 4.07. The van der Waals surface area contributed by atoms with E-state index >= 15 is 0 Å². The van der Waals surface area contributed by atoms with Crippen LogP contribution in [0.2, 0.25) is 0 Å². The lowest BCUT2D eigenvalue weighted by molar-refractivity contribution is -0.706. The van der Waals surface area contributed by atoms with Crippen molar-refractivity contribution >= 4 is 11.0 Å². The predicted molar refractivity (Wildman–Crippen MR) is 101 cm³/mol. The average molecular weight is 339 g/mol. The van der Waals surface area contributed by atoms with Gasteiger partial charge in [-0.25, -0.2) is 4.98 Å². The summed E-state index contributed by atoms with van der Waals surface area (Å²) in [6.07, 6.45) is 5.99. The molecule has 126 valence electrons. The summed E-state index contributed by atoms with van der Waals surface area (Å²) < 4.78 is 4.58. The van der Waals surface area contributed by atoms with Gasteiger partial charge in [-0.3, -0.25) is 9.55 Å². The second kappa shape index (κ2) is 4.39. The van der Waals surface area contributed by atoms with E-state index in [1.807, 2.05) is 18.6 Å². The van der Waals surface area contributed by atoms with Crippen molar-refractivity contribution < 1.29 is 4.57 Å². The largest absolute Gasteiger partial charge is 0.269 e. The van der Waals surface area contributed by atoms with E-state index in [1.165, 1.54) is 27.8 Å². The Bertz CT molecular complexity index is 1230. The van der Waals surface area contributed by atoms with Gasteiger partial charge in [0.2, 0.25) is 12.0 Å². The first-order valence-electron chi connectivity index (χ1n) is 9.09. The first-order valence-corrected chi connectivity index (χ1v) is 9.09. The summed E-state index contributed by atoms with van der Waals surface area (Å²) >= 11 is 0. The lowest BCUT2D eigenvalue weighted by Gasteiger charge is -2.21. The summed E-state index contributed by atoms with van der Waals surface area (Å²) in [5.41, 5.74) is 8.81. The van der Waals surface area contributed by atoms with Crippen LogP contribution in [0.1, 0.15) is 38.1 Å². The molecule has 6 rings (SSSR count). The Kier molecular flexibility index (Phi) is 2.39. The maximum absolute atomic E-state index is 4.99. The van der Waals surface area contributed by atoms with Gasteiger partial charge in [-0.1, -0.05) is 38.1 Å². The Morgan fingerprint density at radius 1 is 1.08 bits per heavy atom. The average Bonchev–Trinajstić information content (AvgIpc) is 3.23. The molecule has 1 atom stereocenters. The van der Waals surface area contributed by atoms with Crippen molar-refractivity contribution in [2.75, 3.05) is 0 Å². The highest BCUT2D eigenvalue weighted by Gasteiger charge is 2.39. The molecule has 26 heavy (non-hydrogen) atoms. The van der Waals surface area contributed by atoms with Crippen molar-refractivity contribution in [3.05, 3.63) is 66.1 Å². The van der Waals surface area contributed by atoms with Crippen LogP contribution in [0.3, 0.4) is 0 Å². The molecule has 2 aromatic heterocycles. The highest BCUT2D eigenvalue weighted by atomic mass is 15.3. The zero-order valence-corrected chi connectivity index (χ0v) is 15.1. The number of nitrogens with zero attached hydrogens (tertiary/aromatic N) is 4. The topological polar surface area (TPSA) is 34.6 Å². The maximum atomic E-state index is 4.99. The number of aromatic nitrogens is 4. The molecule has 0 radical (unpaired) electrons. The zero-order chi connectivity index (χ0) is 17.6. The molecule has 0 bridgehead atoms. The van der Waals surface area contributed by atoms with Crippen LogP contribution >= 0.6 is 0 Å². The smallest absolute Gasteiger partial charge is 0.259 e.